The molecule has 1 atom stereocenters. The molecule has 4 heteroatoms. The Balaban J connectivity index is 1.95. The lowest BCUT2D eigenvalue weighted by Crippen LogP contribution is -2.24. The number of benzene rings is 1. The number of carbonyl (C=O) groups is 2. The lowest BCUT2D eigenvalue weighted by atomic mass is 9.90. The van der Waals surface area contributed by atoms with Gasteiger partial charge in [0.1, 0.15) is 5.41 Å². The van der Waals surface area contributed by atoms with Gasteiger partial charge in [-0.2, -0.15) is 0 Å². The van der Waals surface area contributed by atoms with Crippen LogP contribution in [0.1, 0.15) is 17.3 Å². The first-order valence-corrected chi connectivity index (χ1v) is 7.33. The maximum Gasteiger partial charge on any atom is 0.319 e. The number of nitrogens with one attached hydrogen (secondary N) is 1. The van der Waals surface area contributed by atoms with Crippen LogP contribution in [0.25, 0.3) is 10.9 Å². The van der Waals surface area contributed by atoms with Gasteiger partial charge in [0.05, 0.1) is 7.11 Å². The maximum absolute atomic E-state index is 12.8. The molecule has 1 N–H and O–H groups in total. The molecular weight excluding hydrogens is 290 g/mol. The van der Waals surface area contributed by atoms with E-state index in [1.54, 1.807) is 43.5 Å². The van der Waals surface area contributed by atoms with Gasteiger partial charge in [-0.3, -0.25) is 9.59 Å². The number of esters is 1. The maximum atomic E-state index is 12.8. The Bertz CT molecular complexity index is 870. The molecule has 0 aliphatic heterocycles. The van der Waals surface area contributed by atoms with E-state index in [2.05, 4.69) is 4.98 Å². The number of ether oxygens (including phenoxy) is 1. The lowest BCUT2D eigenvalue weighted by Gasteiger charge is -2.17. The van der Waals surface area contributed by atoms with Crippen LogP contribution in [-0.4, -0.2) is 23.8 Å². The van der Waals surface area contributed by atoms with E-state index in [9.17, 15) is 9.59 Å². The van der Waals surface area contributed by atoms with Crippen molar-refractivity contribution < 1.29 is 14.3 Å². The first-order valence-electron chi connectivity index (χ1n) is 7.33. The van der Waals surface area contributed by atoms with Crippen LogP contribution in [0.3, 0.4) is 0 Å². The fourth-order valence-electron chi connectivity index (χ4n) is 2.65. The molecule has 1 unspecified atom stereocenters. The number of methoxy groups -OCH3 is 1. The van der Waals surface area contributed by atoms with Gasteiger partial charge in [-0.05, 0) is 13.0 Å². The van der Waals surface area contributed by atoms with Crippen LogP contribution in [0.2, 0.25) is 0 Å². The monoisotopic (exact) mass is 307 g/mol. The first kappa shape index (κ1) is 15.0. The molecule has 1 aromatic heterocycles. The molecule has 1 aromatic carbocycles. The van der Waals surface area contributed by atoms with Crippen LogP contribution in [0, 0.1) is 5.41 Å². The summed E-state index contributed by atoms with van der Waals surface area (Å²) < 4.78 is 4.82. The molecule has 4 nitrogen and oxygen atoms in total. The number of aromatic amines is 1. The highest BCUT2D eigenvalue weighted by molar-refractivity contribution is 6.17. The van der Waals surface area contributed by atoms with Crippen LogP contribution < -0.4 is 0 Å². The SMILES string of the molecule is COC(=O)C1(C)C=CC=C(C(=O)c2c[nH]c3ccccc23)C=C1. The third kappa shape index (κ3) is 2.63. The Labute approximate surface area is 134 Å². The number of rotatable bonds is 3. The Hall–Kier alpha value is -2.88. The van der Waals surface area contributed by atoms with Crippen LogP contribution >= 0.6 is 0 Å². The highest BCUT2D eigenvalue weighted by Crippen LogP contribution is 2.27. The number of hydrogen-bond acceptors (Lipinski definition) is 3. The molecule has 3 rings (SSSR count). The number of carbonyl (C=O) groups excluding carboxylic acids is 2. The summed E-state index contributed by atoms with van der Waals surface area (Å²) in [5, 5.41) is 0.885. The van der Waals surface area contributed by atoms with E-state index in [0.717, 1.165) is 10.9 Å². The number of aromatic nitrogens is 1. The second-order valence-corrected chi connectivity index (χ2v) is 5.67. The summed E-state index contributed by atoms with van der Waals surface area (Å²) in [6.07, 6.45) is 10.3. The molecule has 1 heterocycles. The Morgan fingerprint density at radius 1 is 1.17 bits per heavy atom. The zero-order valence-corrected chi connectivity index (χ0v) is 13.0. The van der Waals surface area contributed by atoms with Crippen molar-refractivity contribution in [2.75, 3.05) is 7.11 Å². The van der Waals surface area contributed by atoms with E-state index in [1.807, 2.05) is 24.3 Å². The minimum atomic E-state index is -0.868. The highest BCUT2D eigenvalue weighted by atomic mass is 16.5. The van der Waals surface area contributed by atoms with Crippen molar-refractivity contribution in [3.05, 3.63) is 72.0 Å². The predicted octanol–water partition coefficient (Wildman–Crippen LogP) is 3.58. The largest absolute Gasteiger partial charge is 0.468 e. The third-order valence-corrected chi connectivity index (χ3v) is 4.05. The Kier molecular flexibility index (Phi) is 3.74. The summed E-state index contributed by atoms with van der Waals surface area (Å²) in [5.74, 6) is -0.448. The van der Waals surface area contributed by atoms with Crippen molar-refractivity contribution >= 4 is 22.7 Å². The average Bonchev–Trinajstić information content (AvgIpc) is 2.90. The second-order valence-electron chi connectivity index (χ2n) is 5.67. The zero-order chi connectivity index (χ0) is 16.4. The average molecular weight is 307 g/mol. The number of para-hydroxylation sites is 1. The molecule has 0 radical (unpaired) electrons. The van der Waals surface area contributed by atoms with Gasteiger partial charge in [0, 0.05) is 28.2 Å². The normalized spacial score (nSPS) is 20.2. The lowest BCUT2D eigenvalue weighted by molar-refractivity contribution is -0.146. The zero-order valence-electron chi connectivity index (χ0n) is 13.0. The van der Waals surface area contributed by atoms with Crippen molar-refractivity contribution in [1.82, 2.24) is 4.98 Å². The topological polar surface area (TPSA) is 59.2 Å². The van der Waals surface area contributed by atoms with Crippen LogP contribution in [0.4, 0.5) is 0 Å². The van der Waals surface area contributed by atoms with Gasteiger partial charge in [0.2, 0.25) is 0 Å². The molecule has 0 amide bonds. The molecule has 0 saturated carbocycles. The Morgan fingerprint density at radius 3 is 2.74 bits per heavy atom. The highest BCUT2D eigenvalue weighted by Gasteiger charge is 2.29. The van der Waals surface area contributed by atoms with E-state index in [-0.39, 0.29) is 11.8 Å². The second kappa shape index (κ2) is 5.72. The molecule has 116 valence electrons. The summed E-state index contributed by atoms with van der Waals surface area (Å²) in [6.45, 7) is 1.75. The number of ketones is 1. The summed E-state index contributed by atoms with van der Waals surface area (Å²) >= 11 is 0. The van der Waals surface area contributed by atoms with Gasteiger partial charge in [0.25, 0.3) is 0 Å². The summed E-state index contributed by atoms with van der Waals surface area (Å²) in [7, 11) is 1.35. The first-order chi connectivity index (χ1) is 11.0. The van der Waals surface area contributed by atoms with E-state index in [0.29, 0.717) is 11.1 Å². The standard InChI is InChI=1S/C19H17NO3/c1-19(18(22)23-2)10-5-6-13(9-11-19)17(21)15-12-20-16-8-4-3-7-14(15)16/h3-12,20H,1-2H3. The number of H-pyrrole nitrogens is 1. The van der Waals surface area contributed by atoms with Crippen molar-refractivity contribution in [2.24, 2.45) is 5.41 Å². The van der Waals surface area contributed by atoms with E-state index in [4.69, 9.17) is 4.74 Å². The molecule has 0 fully saturated rings. The number of Topliss-reactive ketones (excluding diaryl/α,β-unsaturated/α-hetero) is 1. The van der Waals surface area contributed by atoms with Gasteiger partial charge < -0.3 is 9.72 Å². The van der Waals surface area contributed by atoms with Crippen LogP contribution in [0.15, 0.2) is 66.4 Å². The fraction of sp³-hybridized carbons (Fsp3) is 0.158. The minimum Gasteiger partial charge on any atom is -0.468 e. The molecular formula is C19H17NO3. The third-order valence-electron chi connectivity index (χ3n) is 4.05. The summed E-state index contributed by atoms with van der Waals surface area (Å²) in [6, 6.07) is 7.66. The fourth-order valence-corrected chi connectivity index (χ4v) is 2.65. The molecule has 0 spiro atoms. The summed E-state index contributed by atoms with van der Waals surface area (Å²) in [4.78, 5) is 27.8. The summed E-state index contributed by atoms with van der Waals surface area (Å²) in [5.41, 5.74) is 1.20. The Morgan fingerprint density at radius 2 is 1.96 bits per heavy atom. The predicted molar refractivity (Wildman–Crippen MR) is 89.1 cm³/mol. The van der Waals surface area contributed by atoms with Gasteiger partial charge in [-0.1, -0.05) is 48.6 Å². The van der Waals surface area contributed by atoms with Gasteiger partial charge >= 0.3 is 5.97 Å². The van der Waals surface area contributed by atoms with Gasteiger partial charge in [-0.25, -0.2) is 0 Å². The molecule has 0 saturated heterocycles. The van der Waals surface area contributed by atoms with Crippen LogP contribution in [-0.2, 0) is 9.53 Å². The van der Waals surface area contributed by atoms with Gasteiger partial charge in [-0.15, -0.1) is 0 Å². The van der Waals surface area contributed by atoms with Crippen molar-refractivity contribution in [3.8, 4) is 0 Å². The minimum absolute atomic E-state index is 0.0857. The number of hydrogen-bond donors (Lipinski definition) is 1. The van der Waals surface area contributed by atoms with Gasteiger partial charge in [0.15, 0.2) is 5.78 Å². The number of fused-ring (bicyclic) bond motifs is 1. The quantitative estimate of drug-likeness (QED) is 0.696. The molecule has 1 aliphatic rings. The molecule has 1 aliphatic carbocycles. The molecule has 0 bridgehead atoms. The number of allylic oxidation sites excluding steroid dienone is 4. The van der Waals surface area contributed by atoms with E-state index < -0.39 is 5.41 Å². The van der Waals surface area contributed by atoms with Crippen molar-refractivity contribution in [2.45, 2.75) is 6.92 Å². The van der Waals surface area contributed by atoms with Crippen molar-refractivity contribution in [1.29, 1.82) is 0 Å². The van der Waals surface area contributed by atoms with E-state index >= 15 is 0 Å². The molecule has 23 heavy (non-hydrogen) atoms. The van der Waals surface area contributed by atoms with Crippen molar-refractivity contribution in [3.63, 3.8) is 0 Å². The smallest absolute Gasteiger partial charge is 0.319 e. The van der Waals surface area contributed by atoms with Crippen LogP contribution in [0.5, 0.6) is 0 Å². The van der Waals surface area contributed by atoms with E-state index in [1.165, 1.54) is 7.11 Å². The molecule has 2 aromatic rings.